The van der Waals surface area contributed by atoms with Crippen LogP contribution in [0.4, 0.5) is 5.69 Å². The van der Waals surface area contributed by atoms with Gasteiger partial charge in [0.05, 0.1) is 11.2 Å². The van der Waals surface area contributed by atoms with E-state index < -0.39 is 11.5 Å². The van der Waals surface area contributed by atoms with E-state index in [0.29, 0.717) is 5.75 Å². The zero-order chi connectivity index (χ0) is 24.1. The quantitative estimate of drug-likeness (QED) is 0.252. The number of benzene rings is 3. The maximum atomic E-state index is 13.3. The molecule has 1 aliphatic rings. The van der Waals surface area contributed by atoms with Crippen molar-refractivity contribution in [1.82, 2.24) is 0 Å². The van der Waals surface area contributed by atoms with Gasteiger partial charge in [-0.25, -0.2) is 4.79 Å². The molecule has 0 fully saturated rings. The first-order valence-electron chi connectivity index (χ1n) is 11.2. The van der Waals surface area contributed by atoms with Crippen LogP contribution in [0.25, 0.3) is 17.7 Å². The molecule has 3 aromatic rings. The Hall–Kier alpha value is -4.18. The molecule has 34 heavy (non-hydrogen) atoms. The highest BCUT2D eigenvalue weighted by molar-refractivity contribution is 6.08. The second-order valence-electron chi connectivity index (χ2n) is 8.74. The van der Waals surface area contributed by atoms with Gasteiger partial charge in [0.25, 0.3) is 5.91 Å². The van der Waals surface area contributed by atoms with Gasteiger partial charge in [-0.1, -0.05) is 66.7 Å². The van der Waals surface area contributed by atoms with E-state index in [1.54, 1.807) is 23.1 Å². The fraction of sp³-hybridized carbons (Fsp3) is 0.133. The van der Waals surface area contributed by atoms with Crippen LogP contribution in [0.2, 0.25) is 0 Å². The summed E-state index contributed by atoms with van der Waals surface area (Å²) < 4.78 is 5.53. The second-order valence-corrected chi connectivity index (χ2v) is 8.74. The van der Waals surface area contributed by atoms with Gasteiger partial charge in [-0.05, 0) is 67.8 Å². The van der Waals surface area contributed by atoms with Gasteiger partial charge < -0.3 is 4.74 Å². The van der Waals surface area contributed by atoms with Gasteiger partial charge in [0.1, 0.15) is 5.75 Å². The molecule has 0 unspecified atom stereocenters. The first-order valence-corrected chi connectivity index (χ1v) is 11.2. The number of rotatable bonds is 5. The molecule has 0 atom stereocenters. The molecule has 0 radical (unpaired) electrons. The van der Waals surface area contributed by atoms with Gasteiger partial charge in [0.15, 0.2) is 0 Å². The predicted octanol–water partition coefficient (Wildman–Crippen LogP) is 6.55. The number of hydrogen-bond acceptors (Lipinski definition) is 3. The number of esters is 1. The summed E-state index contributed by atoms with van der Waals surface area (Å²) in [4.78, 5) is 27.4. The molecular weight excluding hydrogens is 422 g/mol. The third-order valence-corrected chi connectivity index (χ3v) is 5.65. The number of hydrogen-bond donors (Lipinski definition) is 0. The van der Waals surface area contributed by atoms with Crippen molar-refractivity contribution in [3.05, 3.63) is 114 Å². The molecule has 0 bridgehead atoms. The summed E-state index contributed by atoms with van der Waals surface area (Å²) in [6.45, 7) is 6.02. The Kier molecular flexibility index (Phi) is 6.60. The SMILES string of the molecule is CC1=CC(C)(C)N(C(=O)/C=C\c2ccccc2)c2ccc(OC(=O)/C=C/c3ccccc3)cc21. The van der Waals surface area contributed by atoms with E-state index in [1.165, 1.54) is 6.08 Å². The number of fused-ring (bicyclic) bond motifs is 1. The summed E-state index contributed by atoms with van der Waals surface area (Å²) in [5, 5.41) is 0. The molecule has 4 nitrogen and oxygen atoms in total. The lowest BCUT2D eigenvalue weighted by Gasteiger charge is -2.41. The molecule has 0 saturated heterocycles. The van der Waals surface area contributed by atoms with Gasteiger partial charge in [-0.3, -0.25) is 9.69 Å². The van der Waals surface area contributed by atoms with Crippen molar-refractivity contribution in [2.45, 2.75) is 26.3 Å². The van der Waals surface area contributed by atoms with E-state index in [0.717, 1.165) is 28.0 Å². The van der Waals surface area contributed by atoms with Crippen LogP contribution in [0.3, 0.4) is 0 Å². The average molecular weight is 450 g/mol. The maximum Gasteiger partial charge on any atom is 0.336 e. The molecule has 1 amide bonds. The standard InChI is InChI=1S/C30H27NO3/c1-22-21-30(2,3)31(28(32)18-14-23-10-6-4-7-11-23)27-17-16-25(20-26(22)27)34-29(33)19-15-24-12-8-5-9-13-24/h4-21H,1-3H3/b18-14-,19-15+. The van der Waals surface area contributed by atoms with E-state index in [4.69, 9.17) is 4.74 Å². The zero-order valence-electron chi connectivity index (χ0n) is 19.6. The second kappa shape index (κ2) is 9.75. The number of carbonyl (C=O) groups is 2. The molecule has 0 aromatic heterocycles. The Morgan fingerprint density at radius 3 is 2.03 bits per heavy atom. The average Bonchev–Trinajstić information content (AvgIpc) is 2.82. The summed E-state index contributed by atoms with van der Waals surface area (Å²) in [5.41, 5.74) is 4.04. The molecule has 0 saturated carbocycles. The number of nitrogens with zero attached hydrogens (tertiary/aromatic N) is 1. The summed E-state index contributed by atoms with van der Waals surface area (Å²) in [7, 11) is 0. The highest BCUT2D eigenvalue weighted by atomic mass is 16.5. The highest BCUT2D eigenvalue weighted by Gasteiger charge is 2.35. The van der Waals surface area contributed by atoms with Gasteiger partial charge in [-0.15, -0.1) is 0 Å². The van der Waals surface area contributed by atoms with Crippen molar-refractivity contribution in [2.24, 2.45) is 0 Å². The Labute approximate surface area is 200 Å². The first-order chi connectivity index (χ1) is 16.3. The van der Waals surface area contributed by atoms with Crippen LogP contribution in [0.15, 0.2) is 97.1 Å². The molecule has 170 valence electrons. The predicted molar refractivity (Wildman–Crippen MR) is 138 cm³/mol. The third-order valence-electron chi connectivity index (χ3n) is 5.65. The van der Waals surface area contributed by atoms with Crippen molar-refractivity contribution in [1.29, 1.82) is 0 Å². The molecule has 0 N–H and O–H groups in total. The van der Waals surface area contributed by atoms with E-state index in [2.05, 4.69) is 6.08 Å². The van der Waals surface area contributed by atoms with Gasteiger partial charge in [-0.2, -0.15) is 0 Å². The van der Waals surface area contributed by atoms with E-state index >= 15 is 0 Å². The molecular formula is C30H27NO3. The largest absolute Gasteiger partial charge is 0.423 e. The summed E-state index contributed by atoms with van der Waals surface area (Å²) in [6.07, 6.45) is 8.60. The smallest absolute Gasteiger partial charge is 0.336 e. The monoisotopic (exact) mass is 449 g/mol. The van der Waals surface area contributed by atoms with Crippen LogP contribution in [0.1, 0.15) is 37.5 Å². The molecule has 0 aliphatic carbocycles. The molecule has 1 heterocycles. The zero-order valence-corrected chi connectivity index (χ0v) is 19.6. The van der Waals surface area contributed by atoms with Crippen molar-refractivity contribution in [3.63, 3.8) is 0 Å². The Bertz CT molecular complexity index is 1290. The summed E-state index contributed by atoms with van der Waals surface area (Å²) in [5.74, 6) is -0.143. The van der Waals surface area contributed by atoms with Gasteiger partial charge >= 0.3 is 5.97 Å². The van der Waals surface area contributed by atoms with E-state index in [9.17, 15) is 9.59 Å². The Morgan fingerprint density at radius 2 is 1.41 bits per heavy atom. The number of ether oxygens (including phenoxy) is 1. The minimum Gasteiger partial charge on any atom is -0.423 e. The third kappa shape index (κ3) is 5.24. The van der Waals surface area contributed by atoms with Crippen LogP contribution in [-0.2, 0) is 9.59 Å². The van der Waals surface area contributed by atoms with Crippen LogP contribution in [0, 0.1) is 0 Å². The minimum atomic E-state index is -0.508. The minimum absolute atomic E-state index is 0.116. The lowest BCUT2D eigenvalue weighted by molar-refractivity contribution is -0.128. The van der Waals surface area contributed by atoms with Crippen molar-refractivity contribution < 1.29 is 14.3 Å². The first kappa shape index (κ1) is 23.0. The number of carbonyl (C=O) groups excluding carboxylic acids is 2. The number of allylic oxidation sites excluding steroid dienone is 1. The van der Waals surface area contributed by atoms with Crippen LogP contribution >= 0.6 is 0 Å². The van der Waals surface area contributed by atoms with Gasteiger partial charge in [0.2, 0.25) is 0 Å². The number of amides is 1. The highest BCUT2D eigenvalue weighted by Crippen LogP contribution is 2.40. The summed E-state index contributed by atoms with van der Waals surface area (Å²) >= 11 is 0. The normalized spacial score (nSPS) is 14.7. The molecule has 4 rings (SSSR count). The Balaban J connectivity index is 1.57. The van der Waals surface area contributed by atoms with Crippen molar-refractivity contribution in [3.8, 4) is 5.75 Å². The molecule has 0 spiro atoms. The molecule has 4 heteroatoms. The van der Waals surface area contributed by atoms with Crippen LogP contribution in [-0.4, -0.2) is 17.4 Å². The fourth-order valence-corrected chi connectivity index (χ4v) is 4.16. The number of anilines is 1. The molecule has 1 aliphatic heterocycles. The topological polar surface area (TPSA) is 46.6 Å². The van der Waals surface area contributed by atoms with E-state index in [-0.39, 0.29) is 5.91 Å². The lowest BCUT2D eigenvalue weighted by Crippen LogP contribution is -2.48. The summed E-state index contributed by atoms with van der Waals surface area (Å²) in [6, 6.07) is 24.7. The van der Waals surface area contributed by atoms with Crippen molar-refractivity contribution >= 4 is 35.3 Å². The van der Waals surface area contributed by atoms with Crippen LogP contribution in [0.5, 0.6) is 5.75 Å². The fourth-order valence-electron chi connectivity index (χ4n) is 4.16. The lowest BCUT2D eigenvalue weighted by atomic mass is 9.88. The van der Waals surface area contributed by atoms with Crippen LogP contribution < -0.4 is 9.64 Å². The Morgan fingerprint density at radius 1 is 0.824 bits per heavy atom. The molecule has 3 aromatic carbocycles. The maximum absolute atomic E-state index is 13.3. The van der Waals surface area contributed by atoms with Gasteiger partial charge in [0, 0.05) is 17.7 Å². The van der Waals surface area contributed by atoms with Crippen molar-refractivity contribution in [2.75, 3.05) is 4.90 Å². The van der Waals surface area contributed by atoms with E-state index in [1.807, 2.05) is 99.6 Å².